The molecule has 0 heterocycles. The number of nitrogens with two attached hydrogens (primary N) is 1. The maximum Gasteiger partial charge on any atom is 0.238 e. The number of benzene rings is 2. The number of sulfonamides is 1. The third-order valence-corrected chi connectivity index (χ3v) is 7.47. The van der Waals surface area contributed by atoms with Crippen LogP contribution in [0.4, 0.5) is 0 Å². The molecule has 0 bridgehead atoms. The van der Waals surface area contributed by atoms with Crippen molar-refractivity contribution in [1.29, 1.82) is 0 Å². The summed E-state index contributed by atoms with van der Waals surface area (Å²) < 4.78 is 23.6. The predicted octanol–water partition coefficient (Wildman–Crippen LogP) is 5.81. The zero-order valence-corrected chi connectivity index (χ0v) is 19.3. The molecule has 0 atom stereocenters. The average Bonchev–Trinajstić information content (AvgIpc) is 2.64. The topological polar surface area (TPSA) is 60.2 Å². The first-order chi connectivity index (χ1) is 13.3. The Hall–Kier alpha value is -1.91. The fraction of sp³-hybridized carbons (Fsp3) is 0.440. The molecule has 0 radical (unpaired) electrons. The molecule has 2 N–H and O–H groups in total. The molecular weight excluding hydrogens is 378 g/mol. The van der Waals surface area contributed by atoms with Gasteiger partial charge in [0.1, 0.15) is 0 Å². The van der Waals surface area contributed by atoms with Crippen LogP contribution in [0.3, 0.4) is 0 Å². The summed E-state index contributed by atoms with van der Waals surface area (Å²) in [5.74, 6) is 0. The van der Waals surface area contributed by atoms with E-state index in [2.05, 4.69) is 58.9 Å². The van der Waals surface area contributed by atoms with E-state index in [-0.39, 0.29) is 15.7 Å². The predicted molar refractivity (Wildman–Crippen MR) is 122 cm³/mol. The molecule has 0 amide bonds. The maximum atomic E-state index is 11.8. The second kappa shape index (κ2) is 7.41. The molecule has 0 saturated heterocycles. The van der Waals surface area contributed by atoms with E-state index in [1.807, 2.05) is 19.1 Å². The Morgan fingerprint density at radius 3 is 2.21 bits per heavy atom. The van der Waals surface area contributed by atoms with E-state index >= 15 is 0 Å². The third kappa shape index (κ3) is 4.34. The molecule has 0 unspecified atom stereocenters. The molecule has 3 rings (SSSR count). The highest BCUT2D eigenvalue weighted by Gasteiger charge is 2.36. The normalized spacial score (nSPS) is 18.4. The molecule has 1 aliphatic carbocycles. The van der Waals surface area contributed by atoms with Gasteiger partial charge in [0.2, 0.25) is 10.0 Å². The summed E-state index contributed by atoms with van der Waals surface area (Å²) in [5, 5.41) is 5.34. The van der Waals surface area contributed by atoms with Crippen molar-refractivity contribution >= 4 is 21.7 Å². The van der Waals surface area contributed by atoms with E-state index in [9.17, 15) is 8.42 Å². The first-order valence-corrected chi connectivity index (χ1v) is 11.9. The lowest BCUT2D eigenvalue weighted by molar-refractivity contribution is 0.332. The van der Waals surface area contributed by atoms with E-state index < -0.39 is 10.0 Å². The van der Waals surface area contributed by atoms with Crippen LogP contribution in [0, 0.1) is 0 Å². The third-order valence-electron chi connectivity index (χ3n) is 6.46. The standard InChI is InChI=1S/C25H33NO2S/c1-7-19-15-18(8-11-23(19)29(26,27)28)14-17(2)20-9-10-21-22(16-20)25(5,6)13-12-24(21,3)4/h8-11,14-16H,7,12-13H2,1-6H3,(H2,26,27,28)/b17-14+. The first-order valence-electron chi connectivity index (χ1n) is 10.3. The summed E-state index contributed by atoms with van der Waals surface area (Å²) in [4.78, 5) is 0.215. The van der Waals surface area contributed by atoms with Crippen molar-refractivity contribution in [3.8, 4) is 0 Å². The van der Waals surface area contributed by atoms with Gasteiger partial charge in [0.15, 0.2) is 0 Å². The van der Waals surface area contributed by atoms with Gasteiger partial charge in [0.25, 0.3) is 0 Å². The summed E-state index contributed by atoms with van der Waals surface area (Å²) in [7, 11) is -3.70. The van der Waals surface area contributed by atoms with Gasteiger partial charge >= 0.3 is 0 Å². The zero-order chi connectivity index (χ0) is 21.6. The van der Waals surface area contributed by atoms with Crippen LogP contribution >= 0.6 is 0 Å². The molecular formula is C25H33NO2S. The van der Waals surface area contributed by atoms with E-state index in [1.54, 1.807) is 6.07 Å². The van der Waals surface area contributed by atoms with Gasteiger partial charge in [-0.15, -0.1) is 0 Å². The van der Waals surface area contributed by atoms with Gasteiger partial charge in [-0.1, -0.05) is 71.0 Å². The highest BCUT2D eigenvalue weighted by molar-refractivity contribution is 7.89. The SMILES string of the molecule is CCc1cc(/C=C(\C)c2ccc3c(c2)C(C)(C)CCC3(C)C)ccc1S(N)(=O)=O. The molecule has 4 heteroatoms. The maximum absolute atomic E-state index is 11.8. The van der Waals surface area contributed by atoms with Crippen molar-refractivity contribution in [1.82, 2.24) is 0 Å². The lowest BCUT2D eigenvalue weighted by atomic mass is 9.63. The summed E-state index contributed by atoms with van der Waals surface area (Å²) in [5.41, 5.74) is 7.40. The van der Waals surface area contributed by atoms with Gasteiger partial charge in [0, 0.05) is 0 Å². The summed E-state index contributed by atoms with van der Waals surface area (Å²) >= 11 is 0. The zero-order valence-electron chi connectivity index (χ0n) is 18.5. The van der Waals surface area contributed by atoms with Gasteiger partial charge < -0.3 is 0 Å². The van der Waals surface area contributed by atoms with Crippen LogP contribution in [-0.2, 0) is 27.3 Å². The summed E-state index contributed by atoms with van der Waals surface area (Å²) in [6, 6.07) is 12.2. The van der Waals surface area contributed by atoms with Crippen molar-refractivity contribution in [2.24, 2.45) is 5.14 Å². The fourth-order valence-electron chi connectivity index (χ4n) is 4.41. The lowest BCUT2D eigenvalue weighted by Crippen LogP contribution is -2.33. The number of hydrogen-bond donors (Lipinski definition) is 1. The van der Waals surface area contributed by atoms with Gasteiger partial charge in [-0.05, 0) is 76.5 Å². The van der Waals surface area contributed by atoms with Crippen LogP contribution in [0.5, 0.6) is 0 Å². The van der Waals surface area contributed by atoms with Crippen LogP contribution < -0.4 is 5.14 Å². The Labute approximate surface area is 176 Å². The molecule has 0 aromatic heterocycles. The summed E-state index contributed by atoms with van der Waals surface area (Å²) in [6.07, 6.45) is 5.13. The van der Waals surface area contributed by atoms with Crippen LogP contribution in [0.15, 0.2) is 41.3 Å². The van der Waals surface area contributed by atoms with Gasteiger partial charge in [0.05, 0.1) is 4.90 Å². The van der Waals surface area contributed by atoms with Crippen LogP contribution in [0.25, 0.3) is 11.6 Å². The molecule has 1 aliphatic rings. The average molecular weight is 412 g/mol. The number of primary sulfonamides is 1. The number of allylic oxidation sites excluding steroid dienone is 1. The molecule has 156 valence electrons. The van der Waals surface area contributed by atoms with E-state index in [4.69, 9.17) is 5.14 Å². The Morgan fingerprint density at radius 1 is 1.00 bits per heavy atom. The minimum Gasteiger partial charge on any atom is -0.225 e. The Bertz CT molecular complexity index is 1080. The van der Waals surface area contributed by atoms with E-state index in [0.717, 1.165) is 16.7 Å². The number of rotatable bonds is 4. The number of hydrogen-bond acceptors (Lipinski definition) is 2. The summed E-state index contributed by atoms with van der Waals surface area (Å²) in [6.45, 7) is 13.4. The van der Waals surface area contributed by atoms with Crippen molar-refractivity contribution in [3.05, 3.63) is 64.2 Å². The van der Waals surface area contributed by atoms with Gasteiger partial charge in [-0.3, -0.25) is 0 Å². The molecule has 29 heavy (non-hydrogen) atoms. The van der Waals surface area contributed by atoms with Crippen LogP contribution in [0.1, 0.15) is 82.2 Å². The Balaban J connectivity index is 2.03. The minimum atomic E-state index is -3.70. The van der Waals surface area contributed by atoms with Gasteiger partial charge in [-0.25, -0.2) is 13.6 Å². The highest BCUT2D eigenvalue weighted by atomic mass is 32.2. The molecule has 2 aromatic carbocycles. The second-order valence-corrected chi connectivity index (χ2v) is 11.2. The Morgan fingerprint density at radius 2 is 1.62 bits per heavy atom. The first kappa shape index (κ1) is 21.8. The monoisotopic (exact) mass is 411 g/mol. The molecule has 3 nitrogen and oxygen atoms in total. The number of fused-ring (bicyclic) bond motifs is 1. The van der Waals surface area contributed by atoms with E-state index in [0.29, 0.717) is 6.42 Å². The molecule has 2 aromatic rings. The lowest BCUT2D eigenvalue weighted by Gasteiger charge is -2.42. The quantitative estimate of drug-likeness (QED) is 0.646. The van der Waals surface area contributed by atoms with Gasteiger partial charge in [-0.2, -0.15) is 0 Å². The van der Waals surface area contributed by atoms with Crippen molar-refractivity contribution in [2.45, 2.75) is 76.5 Å². The highest BCUT2D eigenvalue weighted by Crippen LogP contribution is 2.46. The van der Waals surface area contributed by atoms with Crippen molar-refractivity contribution < 1.29 is 8.42 Å². The molecule has 0 saturated carbocycles. The van der Waals surface area contributed by atoms with Crippen molar-refractivity contribution in [2.75, 3.05) is 0 Å². The number of aryl methyl sites for hydroxylation is 1. The molecule has 0 aliphatic heterocycles. The van der Waals surface area contributed by atoms with Crippen LogP contribution in [-0.4, -0.2) is 8.42 Å². The smallest absolute Gasteiger partial charge is 0.225 e. The Kier molecular flexibility index (Phi) is 5.57. The molecule has 0 spiro atoms. The second-order valence-electron chi connectivity index (χ2n) is 9.62. The fourth-order valence-corrected chi connectivity index (χ4v) is 5.24. The van der Waals surface area contributed by atoms with E-state index in [1.165, 1.54) is 29.5 Å². The molecule has 0 fully saturated rings. The largest absolute Gasteiger partial charge is 0.238 e. The van der Waals surface area contributed by atoms with Crippen LogP contribution in [0.2, 0.25) is 0 Å². The van der Waals surface area contributed by atoms with Crippen molar-refractivity contribution in [3.63, 3.8) is 0 Å². The minimum absolute atomic E-state index is 0.174.